The number of sulfonamides is 1. The van der Waals surface area contributed by atoms with E-state index in [9.17, 15) is 18.0 Å². The number of nitrogens with one attached hydrogen (secondary N) is 1. The third kappa shape index (κ3) is 3.79. The Morgan fingerprint density at radius 3 is 2.76 bits per heavy atom. The minimum atomic E-state index is -3.91. The van der Waals surface area contributed by atoms with Crippen molar-refractivity contribution in [3.63, 3.8) is 0 Å². The molecule has 8 heteroatoms. The van der Waals surface area contributed by atoms with Crippen LogP contribution in [0.5, 0.6) is 0 Å². The number of rotatable bonds is 4. The van der Waals surface area contributed by atoms with Crippen LogP contribution in [0.2, 0.25) is 0 Å². The molecule has 0 aliphatic carbocycles. The molecule has 1 heterocycles. The van der Waals surface area contributed by atoms with E-state index in [1.807, 2.05) is 0 Å². The van der Waals surface area contributed by atoms with Crippen molar-refractivity contribution < 1.29 is 22.7 Å². The summed E-state index contributed by atoms with van der Waals surface area (Å²) < 4.78 is 30.1. The summed E-state index contributed by atoms with van der Waals surface area (Å²) >= 11 is 0. The molecule has 1 aromatic rings. The molecule has 114 valence electrons. The van der Waals surface area contributed by atoms with Gasteiger partial charge in [0.05, 0.1) is 13.2 Å². The zero-order valence-electron chi connectivity index (χ0n) is 11.5. The van der Waals surface area contributed by atoms with Gasteiger partial charge < -0.3 is 10.1 Å². The molecule has 1 aliphatic heterocycles. The summed E-state index contributed by atoms with van der Waals surface area (Å²) in [4.78, 5) is 23.2. The van der Waals surface area contributed by atoms with Gasteiger partial charge in [0.2, 0.25) is 15.9 Å². The van der Waals surface area contributed by atoms with Gasteiger partial charge in [-0.25, -0.2) is 8.42 Å². The van der Waals surface area contributed by atoms with Crippen molar-refractivity contribution in [1.82, 2.24) is 4.31 Å². The van der Waals surface area contributed by atoms with Crippen LogP contribution >= 0.6 is 0 Å². The molecular formula is C13H16N2O5S. The van der Waals surface area contributed by atoms with E-state index in [1.165, 1.54) is 0 Å². The number of hydrogen-bond acceptors (Lipinski definition) is 5. The fourth-order valence-corrected chi connectivity index (χ4v) is 3.23. The van der Waals surface area contributed by atoms with Gasteiger partial charge >= 0.3 is 5.97 Å². The van der Waals surface area contributed by atoms with Crippen LogP contribution in [0.15, 0.2) is 24.3 Å². The number of anilines is 1. The molecule has 0 unspecified atom stereocenters. The quantitative estimate of drug-likeness (QED) is 0.809. The highest BCUT2D eigenvalue weighted by molar-refractivity contribution is 7.89. The summed E-state index contributed by atoms with van der Waals surface area (Å²) in [5, 5.41) is 2.64. The Kier molecular flexibility index (Phi) is 4.59. The van der Waals surface area contributed by atoms with Crippen LogP contribution in [0.25, 0.3) is 0 Å². The van der Waals surface area contributed by atoms with Crippen LogP contribution in [0.1, 0.15) is 12.5 Å². The number of nitrogens with zero attached hydrogens (tertiary/aromatic N) is 1. The third-order valence-corrected chi connectivity index (χ3v) is 4.60. The number of esters is 1. The minimum absolute atomic E-state index is 0.0383. The van der Waals surface area contributed by atoms with Crippen LogP contribution in [-0.2, 0) is 30.9 Å². The Bertz CT molecular complexity index is 656. The average Bonchev–Trinajstić information content (AvgIpc) is 2.56. The number of amides is 1. The summed E-state index contributed by atoms with van der Waals surface area (Å²) in [5.74, 6) is -2.03. The van der Waals surface area contributed by atoms with E-state index < -0.39 is 27.7 Å². The zero-order chi connectivity index (χ0) is 15.5. The molecule has 0 bridgehead atoms. The first kappa shape index (κ1) is 15.5. The summed E-state index contributed by atoms with van der Waals surface area (Å²) in [6.45, 7) is 1.42. The van der Waals surface area contributed by atoms with Crippen molar-refractivity contribution >= 4 is 27.6 Å². The molecule has 1 N–H and O–H groups in total. The maximum absolute atomic E-state index is 12.2. The number of ether oxygens (including phenoxy) is 1. The molecular weight excluding hydrogens is 296 g/mol. The van der Waals surface area contributed by atoms with Crippen LogP contribution < -0.4 is 5.32 Å². The number of carbonyl (C=O) groups excluding carboxylic acids is 2. The smallest absolute Gasteiger partial charge is 0.322 e. The Hall–Kier alpha value is -1.93. The average molecular weight is 312 g/mol. The third-order valence-electron chi connectivity index (χ3n) is 2.96. The second-order valence-electron chi connectivity index (χ2n) is 4.53. The highest BCUT2D eigenvalue weighted by Gasteiger charge is 2.30. The van der Waals surface area contributed by atoms with E-state index in [2.05, 4.69) is 10.1 Å². The van der Waals surface area contributed by atoms with E-state index in [0.717, 1.165) is 4.31 Å². The summed E-state index contributed by atoms with van der Waals surface area (Å²) in [6.07, 6.45) is 0. The predicted molar refractivity (Wildman–Crippen MR) is 75.9 cm³/mol. The van der Waals surface area contributed by atoms with Gasteiger partial charge in [-0.15, -0.1) is 0 Å². The fourth-order valence-electron chi connectivity index (χ4n) is 2.02. The molecule has 0 fully saturated rings. The van der Waals surface area contributed by atoms with Gasteiger partial charge in [-0.2, -0.15) is 4.31 Å². The van der Waals surface area contributed by atoms with Crippen LogP contribution in [0.4, 0.5) is 5.69 Å². The normalized spacial score (nSPS) is 15.8. The first-order valence-corrected chi connectivity index (χ1v) is 8.04. The highest BCUT2D eigenvalue weighted by atomic mass is 32.2. The van der Waals surface area contributed by atoms with E-state index in [1.54, 1.807) is 31.2 Å². The summed E-state index contributed by atoms with van der Waals surface area (Å²) in [5.41, 5.74) is 1.26. The number of carbonyl (C=O) groups is 2. The topological polar surface area (TPSA) is 92.8 Å². The molecule has 0 spiro atoms. The fraction of sp³-hybridized carbons (Fsp3) is 0.385. The standard InChI is InChI=1S/C13H16N2O5S/c1-2-20-13(17)9-21(18,19)15-7-10-5-3-4-6-11(10)14-12(16)8-15/h3-6H,2,7-9H2,1H3,(H,14,16). The molecule has 0 saturated heterocycles. The van der Waals surface area contributed by atoms with Gasteiger partial charge in [-0.05, 0) is 18.6 Å². The van der Waals surface area contributed by atoms with E-state index >= 15 is 0 Å². The van der Waals surface area contributed by atoms with Gasteiger partial charge in [0.25, 0.3) is 0 Å². The summed E-state index contributed by atoms with van der Waals surface area (Å²) in [6, 6.07) is 6.94. The van der Waals surface area contributed by atoms with Crippen molar-refractivity contribution in [2.45, 2.75) is 13.5 Å². The van der Waals surface area contributed by atoms with Crippen molar-refractivity contribution in [1.29, 1.82) is 0 Å². The zero-order valence-corrected chi connectivity index (χ0v) is 12.4. The van der Waals surface area contributed by atoms with Gasteiger partial charge in [0.15, 0.2) is 5.75 Å². The molecule has 21 heavy (non-hydrogen) atoms. The molecule has 7 nitrogen and oxygen atoms in total. The lowest BCUT2D eigenvalue weighted by atomic mass is 10.2. The molecule has 1 aromatic carbocycles. The molecule has 1 amide bonds. The van der Waals surface area contributed by atoms with Crippen molar-refractivity contribution in [3.8, 4) is 0 Å². The molecule has 0 saturated carbocycles. The number of benzene rings is 1. The molecule has 2 rings (SSSR count). The van der Waals surface area contributed by atoms with Crippen molar-refractivity contribution in [2.24, 2.45) is 0 Å². The molecule has 0 atom stereocenters. The van der Waals surface area contributed by atoms with Crippen LogP contribution in [0.3, 0.4) is 0 Å². The van der Waals surface area contributed by atoms with Crippen molar-refractivity contribution in [2.75, 3.05) is 24.2 Å². The van der Waals surface area contributed by atoms with Gasteiger partial charge in [0.1, 0.15) is 0 Å². The second-order valence-corrected chi connectivity index (χ2v) is 6.50. The lowest BCUT2D eigenvalue weighted by Gasteiger charge is -2.18. The highest BCUT2D eigenvalue weighted by Crippen LogP contribution is 2.22. The lowest BCUT2D eigenvalue weighted by Crippen LogP contribution is -2.38. The Labute approximate surface area is 122 Å². The Morgan fingerprint density at radius 2 is 2.05 bits per heavy atom. The van der Waals surface area contributed by atoms with Gasteiger partial charge in [0, 0.05) is 12.2 Å². The first-order chi connectivity index (χ1) is 9.92. The van der Waals surface area contributed by atoms with Crippen LogP contribution in [-0.4, -0.2) is 43.5 Å². The lowest BCUT2D eigenvalue weighted by molar-refractivity contribution is -0.140. The first-order valence-electron chi connectivity index (χ1n) is 6.43. The summed E-state index contributed by atoms with van der Waals surface area (Å²) in [7, 11) is -3.91. The minimum Gasteiger partial charge on any atom is -0.465 e. The monoisotopic (exact) mass is 312 g/mol. The van der Waals surface area contributed by atoms with Crippen molar-refractivity contribution in [3.05, 3.63) is 29.8 Å². The molecule has 1 aliphatic rings. The number of para-hydroxylation sites is 1. The SMILES string of the molecule is CCOC(=O)CS(=O)(=O)N1CC(=O)Nc2ccccc2C1. The number of hydrogen-bond donors (Lipinski definition) is 1. The Balaban J connectivity index is 2.23. The predicted octanol–water partition coefficient (Wildman–Crippen LogP) is 0.334. The van der Waals surface area contributed by atoms with Gasteiger partial charge in [-0.1, -0.05) is 18.2 Å². The largest absolute Gasteiger partial charge is 0.465 e. The molecule has 0 aromatic heterocycles. The van der Waals surface area contributed by atoms with Gasteiger partial charge in [-0.3, -0.25) is 9.59 Å². The van der Waals surface area contributed by atoms with E-state index in [-0.39, 0.29) is 19.7 Å². The maximum atomic E-state index is 12.2. The maximum Gasteiger partial charge on any atom is 0.322 e. The van der Waals surface area contributed by atoms with Crippen LogP contribution in [0, 0.1) is 0 Å². The number of fused-ring (bicyclic) bond motifs is 1. The molecule has 0 radical (unpaired) electrons. The van der Waals surface area contributed by atoms with E-state index in [4.69, 9.17) is 0 Å². The Morgan fingerprint density at radius 1 is 1.33 bits per heavy atom. The second kappa shape index (κ2) is 6.23. The van der Waals surface area contributed by atoms with E-state index in [0.29, 0.717) is 11.3 Å².